The SMILES string of the molecule is CNC(c1ccc2c(c1)CCC(=O)N2)C(C)(C)S(C)(=O)=O. The zero-order valence-corrected chi connectivity index (χ0v) is 13.7. The van der Waals surface area contributed by atoms with Crippen molar-refractivity contribution in [2.45, 2.75) is 37.5 Å². The van der Waals surface area contributed by atoms with Crippen molar-refractivity contribution in [3.63, 3.8) is 0 Å². The summed E-state index contributed by atoms with van der Waals surface area (Å²) < 4.78 is 23.2. The fourth-order valence-electron chi connectivity index (χ4n) is 2.71. The minimum absolute atomic E-state index is 0.0249. The zero-order valence-electron chi connectivity index (χ0n) is 12.9. The Hall–Kier alpha value is -1.40. The largest absolute Gasteiger partial charge is 0.326 e. The Morgan fingerprint density at radius 1 is 1.29 bits per heavy atom. The summed E-state index contributed by atoms with van der Waals surface area (Å²) in [7, 11) is -1.46. The van der Waals surface area contributed by atoms with Crippen LogP contribution in [0.4, 0.5) is 5.69 Å². The summed E-state index contributed by atoms with van der Waals surface area (Å²) in [6, 6.07) is 5.40. The van der Waals surface area contributed by atoms with E-state index in [-0.39, 0.29) is 11.9 Å². The summed E-state index contributed by atoms with van der Waals surface area (Å²) in [5, 5.41) is 5.95. The maximum absolute atomic E-state index is 12.1. The van der Waals surface area contributed by atoms with E-state index in [4.69, 9.17) is 0 Å². The second-order valence-electron chi connectivity index (χ2n) is 6.06. The number of carbonyl (C=O) groups is 1. The van der Waals surface area contributed by atoms with Crippen LogP contribution in [0.1, 0.15) is 37.4 Å². The highest BCUT2D eigenvalue weighted by Crippen LogP contribution is 2.34. The average molecular weight is 310 g/mol. The van der Waals surface area contributed by atoms with Gasteiger partial charge in [-0.05, 0) is 44.5 Å². The van der Waals surface area contributed by atoms with Gasteiger partial charge in [0.1, 0.15) is 0 Å². The Kier molecular flexibility index (Phi) is 4.13. The molecule has 0 fully saturated rings. The summed E-state index contributed by atoms with van der Waals surface area (Å²) in [5.41, 5.74) is 2.79. The van der Waals surface area contributed by atoms with Crippen LogP contribution < -0.4 is 10.6 Å². The standard InChI is InChI=1S/C15H22N2O3S/c1-15(2,21(4,19)20)14(16-3)11-5-7-12-10(9-11)6-8-13(18)17-12/h5,7,9,14,16H,6,8H2,1-4H3,(H,17,18). The van der Waals surface area contributed by atoms with Crippen LogP contribution in [0, 0.1) is 0 Å². The van der Waals surface area contributed by atoms with Crippen LogP contribution in [0.3, 0.4) is 0 Å². The van der Waals surface area contributed by atoms with Gasteiger partial charge in [-0.15, -0.1) is 0 Å². The minimum Gasteiger partial charge on any atom is -0.326 e. The second kappa shape index (κ2) is 5.42. The van der Waals surface area contributed by atoms with Gasteiger partial charge in [-0.1, -0.05) is 12.1 Å². The third-order valence-corrected chi connectivity index (χ3v) is 6.44. The number of nitrogens with one attached hydrogen (secondary N) is 2. The number of benzene rings is 1. The van der Waals surface area contributed by atoms with E-state index < -0.39 is 14.6 Å². The number of anilines is 1. The molecule has 1 aromatic rings. The number of aryl methyl sites for hydroxylation is 1. The molecule has 1 atom stereocenters. The van der Waals surface area contributed by atoms with E-state index in [2.05, 4.69) is 10.6 Å². The lowest BCUT2D eigenvalue weighted by molar-refractivity contribution is -0.116. The molecule has 0 spiro atoms. The molecule has 5 nitrogen and oxygen atoms in total. The van der Waals surface area contributed by atoms with E-state index in [9.17, 15) is 13.2 Å². The number of sulfone groups is 1. The molecular formula is C15H22N2O3S. The van der Waals surface area contributed by atoms with Crippen molar-refractivity contribution in [3.8, 4) is 0 Å². The predicted octanol–water partition coefficient (Wildman–Crippen LogP) is 1.65. The molecule has 2 rings (SSSR count). The molecular weight excluding hydrogens is 288 g/mol. The van der Waals surface area contributed by atoms with Gasteiger partial charge in [-0.25, -0.2) is 8.42 Å². The van der Waals surface area contributed by atoms with Gasteiger partial charge in [0.25, 0.3) is 0 Å². The molecule has 0 bridgehead atoms. The molecule has 1 aliphatic heterocycles. The van der Waals surface area contributed by atoms with Crippen molar-refractivity contribution in [2.24, 2.45) is 0 Å². The van der Waals surface area contributed by atoms with E-state index in [0.717, 1.165) is 16.8 Å². The topological polar surface area (TPSA) is 75.3 Å². The summed E-state index contributed by atoms with van der Waals surface area (Å²) in [6.07, 6.45) is 2.41. The molecule has 1 amide bonds. The molecule has 1 unspecified atom stereocenters. The number of hydrogen-bond acceptors (Lipinski definition) is 4. The van der Waals surface area contributed by atoms with Gasteiger partial charge >= 0.3 is 0 Å². The molecule has 116 valence electrons. The molecule has 21 heavy (non-hydrogen) atoms. The number of fused-ring (bicyclic) bond motifs is 1. The van der Waals surface area contributed by atoms with Gasteiger partial charge in [-0.3, -0.25) is 4.79 Å². The molecule has 0 saturated carbocycles. The second-order valence-corrected chi connectivity index (χ2v) is 8.66. The maximum atomic E-state index is 12.1. The van der Waals surface area contributed by atoms with E-state index in [1.165, 1.54) is 6.26 Å². The quantitative estimate of drug-likeness (QED) is 0.887. The van der Waals surface area contributed by atoms with Gasteiger partial charge < -0.3 is 10.6 Å². The van der Waals surface area contributed by atoms with Gasteiger partial charge in [0.05, 0.1) is 10.8 Å². The lowest BCUT2D eigenvalue weighted by Gasteiger charge is -2.33. The third kappa shape index (κ3) is 2.96. The molecule has 0 radical (unpaired) electrons. The highest BCUT2D eigenvalue weighted by Gasteiger charge is 2.39. The zero-order chi connectivity index (χ0) is 15.8. The smallest absolute Gasteiger partial charge is 0.224 e. The van der Waals surface area contributed by atoms with Crippen LogP contribution in [0.2, 0.25) is 0 Å². The molecule has 0 saturated heterocycles. The first kappa shape index (κ1) is 16.0. The van der Waals surface area contributed by atoms with Gasteiger partial charge in [0, 0.05) is 18.4 Å². The van der Waals surface area contributed by atoms with Gasteiger partial charge in [0.15, 0.2) is 9.84 Å². The van der Waals surface area contributed by atoms with Crippen molar-refractivity contribution in [1.82, 2.24) is 5.32 Å². The molecule has 1 aromatic carbocycles. The monoisotopic (exact) mass is 310 g/mol. The lowest BCUT2D eigenvalue weighted by atomic mass is 9.91. The molecule has 1 heterocycles. The van der Waals surface area contributed by atoms with Crippen molar-refractivity contribution in [1.29, 1.82) is 0 Å². The highest BCUT2D eigenvalue weighted by molar-refractivity contribution is 7.92. The van der Waals surface area contributed by atoms with Crippen molar-refractivity contribution in [2.75, 3.05) is 18.6 Å². The lowest BCUT2D eigenvalue weighted by Crippen LogP contribution is -2.43. The van der Waals surface area contributed by atoms with Crippen LogP contribution in [0.25, 0.3) is 0 Å². The van der Waals surface area contributed by atoms with Crippen LogP contribution in [-0.4, -0.2) is 32.4 Å². The molecule has 0 aliphatic carbocycles. The van der Waals surface area contributed by atoms with Crippen LogP contribution in [0.15, 0.2) is 18.2 Å². The van der Waals surface area contributed by atoms with Crippen molar-refractivity contribution in [3.05, 3.63) is 29.3 Å². The molecule has 2 N–H and O–H groups in total. The van der Waals surface area contributed by atoms with Crippen LogP contribution >= 0.6 is 0 Å². The van der Waals surface area contributed by atoms with E-state index in [0.29, 0.717) is 12.8 Å². The molecule has 1 aliphatic rings. The highest BCUT2D eigenvalue weighted by atomic mass is 32.2. The number of rotatable bonds is 4. The number of amides is 1. The maximum Gasteiger partial charge on any atom is 0.224 e. The first-order valence-corrected chi connectivity index (χ1v) is 8.85. The normalized spacial score (nSPS) is 17.0. The van der Waals surface area contributed by atoms with Crippen LogP contribution in [-0.2, 0) is 21.1 Å². The third-order valence-electron chi connectivity index (χ3n) is 4.30. The first-order chi connectivity index (χ1) is 9.66. The van der Waals surface area contributed by atoms with E-state index >= 15 is 0 Å². The molecule has 0 aromatic heterocycles. The number of carbonyl (C=O) groups excluding carboxylic acids is 1. The fourth-order valence-corrected chi connectivity index (χ4v) is 3.39. The predicted molar refractivity (Wildman–Crippen MR) is 84.1 cm³/mol. The summed E-state index contributed by atoms with van der Waals surface area (Å²) in [5.74, 6) is 0.0249. The minimum atomic E-state index is -3.22. The average Bonchev–Trinajstić information content (AvgIpc) is 2.38. The summed E-state index contributed by atoms with van der Waals surface area (Å²) in [6.45, 7) is 3.45. The Bertz CT molecular complexity index is 665. The van der Waals surface area contributed by atoms with Crippen molar-refractivity contribution < 1.29 is 13.2 Å². The Labute approximate surface area is 126 Å². The van der Waals surface area contributed by atoms with Crippen LogP contribution in [0.5, 0.6) is 0 Å². The summed E-state index contributed by atoms with van der Waals surface area (Å²) in [4.78, 5) is 11.4. The Balaban J connectivity index is 2.43. The van der Waals surface area contributed by atoms with E-state index in [1.54, 1.807) is 20.9 Å². The first-order valence-electron chi connectivity index (χ1n) is 6.96. The Morgan fingerprint density at radius 2 is 1.95 bits per heavy atom. The summed E-state index contributed by atoms with van der Waals surface area (Å²) >= 11 is 0. The van der Waals surface area contributed by atoms with Gasteiger partial charge in [-0.2, -0.15) is 0 Å². The fraction of sp³-hybridized carbons (Fsp3) is 0.533. The van der Waals surface area contributed by atoms with Gasteiger partial charge in [0.2, 0.25) is 5.91 Å². The Morgan fingerprint density at radius 3 is 2.52 bits per heavy atom. The van der Waals surface area contributed by atoms with Crippen molar-refractivity contribution >= 4 is 21.4 Å². The number of hydrogen-bond donors (Lipinski definition) is 2. The van der Waals surface area contributed by atoms with E-state index in [1.807, 2.05) is 18.2 Å². The molecule has 6 heteroatoms.